The van der Waals surface area contributed by atoms with E-state index < -0.39 is 17.8 Å². The van der Waals surface area contributed by atoms with Gasteiger partial charge >= 0.3 is 6.16 Å². The summed E-state index contributed by atoms with van der Waals surface area (Å²) in [6.07, 6.45) is -0.265. The second-order valence-electron chi connectivity index (χ2n) is 5.11. The molecule has 5 heteroatoms. The van der Waals surface area contributed by atoms with Crippen LogP contribution in [-0.2, 0) is 4.74 Å². The summed E-state index contributed by atoms with van der Waals surface area (Å²) in [6, 6.07) is 10.7. The second kappa shape index (κ2) is 6.20. The van der Waals surface area contributed by atoms with Crippen molar-refractivity contribution >= 4 is 27.7 Å². The van der Waals surface area contributed by atoms with Gasteiger partial charge in [-0.2, -0.15) is 0 Å². The summed E-state index contributed by atoms with van der Waals surface area (Å²) in [4.78, 5) is 11.8. The van der Waals surface area contributed by atoms with E-state index in [2.05, 4.69) is 0 Å². The summed E-state index contributed by atoms with van der Waals surface area (Å²) in [5.41, 5.74) is 0. The molecule has 0 spiro atoms. The molecule has 0 aliphatic rings. The molecule has 118 valence electrons. The minimum Gasteiger partial charge on any atom is -0.434 e. The van der Waals surface area contributed by atoms with Gasteiger partial charge in [0.15, 0.2) is 5.75 Å². The van der Waals surface area contributed by atoms with Crippen LogP contribution in [0.3, 0.4) is 0 Å². The number of ether oxygens (including phenoxy) is 2. The normalized spacial score (nSPS) is 10.9. The van der Waals surface area contributed by atoms with Gasteiger partial charge in [0, 0.05) is 11.5 Å². The van der Waals surface area contributed by atoms with Gasteiger partial charge in [-0.3, -0.25) is 0 Å². The fraction of sp³-hybridized carbons (Fsp3) is 0.167. The Kier molecular flexibility index (Phi) is 4.10. The van der Waals surface area contributed by atoms with Gasteiger partial charge in [0.25, 0.3) is 0 Å². The lowest BCUT2D eigenvalue weighted by Crippen LogP contribution is -2.11. The Morgan fingerprint density at radius 2 is 1.87 bits per heavy atom. The van der Waals surface area contributed by atoms with Gasteiger partial charge in [0.1, 0.15) is 11.6 Å². The average molecular weight is 316 g/mol. The number of carbonyl (C=O) groups is 1. The Balaban J connectivity index is 2.23. The van der Waals surface area contributed by atoms with Crippen LogP contribution in [0.15, 0.2) is 42.5 Å². The van der Waals surface area contributed by atoms with Crippen molar-refractivity contribution in [2.45, 2.75) is 13.3 Å². The summed E-state index contributed by atoms with van der Waals surface area (Å²) in [6.45, 7) is 2.06. The van der Waals surface area contributed by atoms with E-state index >= 15 is 0 Å². The van der Waals surface area contributed by atoms with Crippen LogP contribution in [0.1, 0.15) is 13.3 Å². The maximum absolute atomic E-state index is 14.3. The van der Waals surface area contributed by atoms with Crippen LogP contribution in [0, 0.1) is 11.6 Å². The maximum atomic E-state index is 14.3. The molecule has 3 aromatic rings. The lowest BCUT2D eigenvalue weighted by molar-refractivity contribution is 0.100. The molecule has 0 saturated heterocycles. The Bertz CT molecular complexity index is 890. The zero-order chi connectivity index (χ0) is 16.4. The third-order valence-corrected chi connectivity index (χ3v) is 3.44. The van der Waals surface area contributed by atoms with E-state index in [1.165, 1.54) is 6.07 Å². The molecule has 0 aliphatic heterocycles. The summed E-state index contributed by atoms with van der Waals surface area (Å²) in [7, 11) is 0. The van der Waals surface area contributed by atoms with Crippen molar-refractivity contribution in [1.29, 1.82) is 0 Å². The smallest absolute Gasteiger partial charge is 0.434 e. The fourth-order valence-electron chi connectivity index (χ4n) is 2.48. The third kappa shape index (κ3) is 2.95. The summed E-state index contributed by atoms with van der Waals surface area (Å²) >= 11 is 0. The van der Waals surface area contributed by atoms with E-state index in [1.807, 2.05) is 6.92 Å². The first-order chi connectivity index (χ1) is 11.1. The van der Waals surface area contributed by atoms with Crippen LogP contribution in [0.4, 0.5) is 13.6 Å². The Hall–Kier alpha value is -2.69. The fourth-order valence-corrected chi connectivity index (χ4v) is 2.48. The molecular weight excluding hydrogens is 302 g/mol. The summed E-state index contributed by atoms with van der Waals surface area (Å²) < 4.78 is 37.9. The molecule has 0 bridgehead atoms. The highest BCUT2D eigenvalue weighted by Gasteiger charge is 2.17. The molecule has 0 unspecified atom stereocenters. The third-order valence-electron chi connectivity index (χ3n) is 3.44. The lowest BCUT2D eigenvalue weighted by atomic mass is 10.0. The summed E-state index contributed by atoms with van der Waals surface area (Å²) in [5, 5.41) is 1.64. The molecule has 0 aromatic heterocycles. The van der Waals surface area contributed by atoms with E-state index in [-0.39, 0.29) is 17.7 Å². The van der Waals surface area contributed by atoms with Crippen molar-refractivity contribution in [2.24, 2.45) is 0 Å². The number of carbonyl (C=O) groups excluding carboxylic acids is 1. The van der Waals surface area contributed by atoms with E-state index in [0.717, 1.165) is 6.07 Å². The monoisotopic (exact) mass is 316 g/mol. The SMILES string of the molecule is CCCOC(=O)Oc1c2ccccc2cc2cc(F)cc(F)c12. The maximum Gasteiger partial charge on any atom is 0.513 e. The van der Waals surface area contributed by atoms with E-state index in [0.29, 0.717) is 22.6 Å². The zero-order valence-corrected chi connectivity index (χ0v) is 12.4. The number of hydrogen-bond acceptors (Lipinski definition) is 3. The molecule has 0 aliphatic carbocycles. The zero-order valence-electron chi connectivity index (χ0n) is 12.4. The van der Waals surface area contributed by atoms with Gasteiger partial charge < -0.3 is 9.47 Å². The molecule has 0 fully saturated rings. The number of fused-ring (bicyclic) bond motifs is 2. The molecule has 0 saturated carbocycles. The van der Waals surface area contributed by atoms with Crippen LogP contribution in [0.2, 0.25) is 0 Å². The van der Waals surface area contributed by atoms with E-state index in [1.54, 1.807) is 30.3 Å². The molecule has 3 aromatic carbocycles. The minimum atomic E-state index is -0.909. The molecule has 0 amide bonds. The van der Waals surface area contributed by atoms with Gasteiger partial charge in [-0.25, -0.2) is 13.6 Å². The molecule has 0 heterocycles. The van der Waals surface area contributed by atoms with Crippen molar-refractivity contribution in [3.63, 3.8) is 0 Å². The average Bonchev–Trinajstić information content (AvgIpc) is 2.52. The first kappa shape index (κ1) is 15.2. The van der Waals surface area contributed by atoms with Gasteiger partial charge in [-0.05, 0) is 29.3 Å². The quantitative estimate of drug-likeness (QED) is 0.378. The molecular formula is C18H14F2O3. The molecule has 0 radical (unpaired) electrons. The molecule has 3 rings (SSSR count). The van der Waals surface area contributed by atoms with Crippen molar-refractivity contribution in [3.05, 3.63) is 54.1 Å². The van der Waals surface area contributed by atoms with Crippen molar-refractivity contribution in [1.82, 2.24) is 0 Å². The number of rotatable bonds is 3. The lowest BCUT2D eigenvalue weighted by Gasteiger charge is -2.12. The van der Waals surface area contributed by atoms with E-state index in [4.69, 9.17) is 9.47 Å². The van der Waals surface area contributed by atoms with Gasteiger partial charge in [-0.1, -0.05) is 31.2 Å². The summed E-state index contributed by atoms with van der Waals surface area (Å²) in [5.74, 6) is -1.44. The second-order valence-corrected chi connectivity index (χ2v) is 5.11. The van der Waals surface area contributed by atoms with Gasteiger partial charge in [0.2, 0.25) is 0 Å². The van der Waals surface area contributed by atoms with Crippen LogP contribution in [0.5, 0.6) is 5.75 Å². The van der Waals surface area contributed by atoms with E-state index in [9.17, 15) is 13.6 Å². The highest BCUT2D eigenvalue weighted by molar-refractivity contribution is 6.06. The van der Waals surface area contributed by atoms with Crippen LogP contribution >= 0.6 is 0 Å². The van der Waals surface area contributed by atoms with Gasteiger partial charge in [-0.15, -0.1) is 0 Å². The van der Waals surface area contributed by atoms with Crippen LogP contribution in [-0.4, -0.2) is 12.8 Å². The standard InChI is InChI=1S/C18H14F2O3/c1-2-7-22-18(21)23-17-14-6-4-3-5-11(14)8-12-9-13(19)10-15(20)16(12)17/h3-6,8-10H,2,7H2,1H3. The number of benzene rings is 3. The first-order valence-electron chi connectivity index (χ1n) is 7.25. The molecule has 23 heavy (non-hydrogen) atoms. The Morgan fingerprint density at radius 1 is 1.09 bits per heavy atom. The Morgan fingerprint density at radius 3 is 2.65 bits per heavy atom. The van der Waals surface area contributed by atoms with Gasteiger partial charge in [0.05, 0.1) is 12.0 Å². The highest BCUT2D eigenvalue weighted by atomic mass is 19.1. The van der Waals surface area contributed by atoms with Crippen molar-refractivity contribution < 1.29 is 23.0 Å². The minimum absolute atomic E-state index is 0.0386. The predicted molar refractivity (Wildman–Crippen MR) is 83.6 cm³/mol. The van der Waals surface area contributed by atoms with Crippen molar-refractivity contribution in [2.75, 3.05) is 6.61 Å². The topological polar surface area (TPSA) is 35.5 Å². The van der Waals surface area contributed by atoms with Crippen molar-refractivity contribution in [3.8, 4) is 5.75 Å². The van der Waals surface area contributed by atoms with Crippen LogP contribution < -0.4 is 4.74 Å². The largest absolute Gasteiger partial charge is 0.513 e. The van der Waals surface area contributed by atoms with Crippen LogP contribution in [0.25, 0.3) is 21.5 Å². The Labute approximate surface area is 131 Å². The first-order valence-corrected chi connectivity index (χ1v) is 7.25. The highest BCUT2D eigenvalue weighted by Crippen LogP contribution is 2.37. The molecule has 3 nitrogen and oxygen atoms in total. The number of halogens is 2. The molecule has 0 atom stereocenters. The predicted octanol–water partition coefficient (Wildman–Crippen LogP) is 5.20. The number of hydrogen-bond donors (Lipinski definition) is 0. The molecule has 0 N–H and O–H groups in total.